The molecule has 2 aliphatic rings. The van der Waals surface area contributed by atoms with Gasteiger partial charge in [-0.3, -0.25) is 4.99 Å². The zero-order valence-electron chi connectivity index (χ0n) is 22.5. The molecule has 0 aromatic heterocycles. The summed E-state index contributed by atoms with van der Waals surface area (Å²) in [5.41, 5.74) is 0.266. The molecule has 37 heavy (non-hydrogen) atoms. The summed E-state index contributed by atoms with van der Waals surface area (Å²) in [6.45, 7) is 4.89. The number of thioether (sulfide) groups is 1. The van der Waals surface area contributed by atoms with Gasteiger partial charge in [0.15, 0.2) is 5.17 Å². The molecule has 0 aliphatic carbocycles. The minimum atomic E-state index is -4.46. The molecular formula is C27H41F3N2O4S. The molecule has 10 heteroatoms. The van der Waals surface area contributed by atoms with Crippen LogP contribution in [0.15, 0.2) is 29.3 Å². The number of benzene rings is 1. The van der Waals surface area contributed by atoms with Crippen LogP contribution < -0.4 is 4.74 Å². The van der Waals surface area contributed by atoms with Crippen molar-refractivity contribution < 1.29 is 32.1 Å². The van der Waals surface area contributed by atoms with Crippen molar-refractivity contribution in [1.82, 2.24) is 4.90 Å². The molecule has 2 heterocycles. The van der Waals surface area contributed by atoms with E-state index in [0.717, 1.165) is 36.4 Å². The highest BCUT2D eigenvalue weighted by Crippen LogP contribution is 2.45. The minimum Gasteiger partial charge on any atom is -0.497 e. The highest BCUT2D eigenvalue weighted by Gasteiger charge is 2.57. The molecule has 0 amide bonds. The lowest BCUT2D eigenvalue weighted by Gasteiger charge is -2.45. The number of ether oxygens (including phenoxy) is 4. The van der Waals surface area contributed by atoms with Gasteiger partial charge >= 0.3 is 6.18 Å². The van der Waals surface area contributed by atoms with Crippen LogP contribution in [0.1, 0.15) is 51.5 Å². The van der Waals surface area contributed by atoms with E-state index in [-0.39, 0.29) is 12.8 Å². The summed E-state index contributed by atoms with van der Waals surface area (Å²) in [6.07, 6.45) is -3.59. The van der Waals surface area contributed by atoms with E-state index in [1.54, 1.807) is 31.4 Å². The van der Waals surface area contributed by atoms with Crippen LogP contribution in [0.4, 0.5) is 13.2 Å². The van der Waals surface area contributed by atoms with Crippen molar-refractivity contribution in [1.29, 1.82) is 0 Å². The molecule has 0 radical (unpaired) electrons. The zero-order valence-corrected chi connectivity index (χ0v) is 23.3. The number of methoxy groups -OCH3 is 1. The first-order valence-corrected chi connectivity index (χ1v) is 14.1. The van der Waals surface area contributed by atoms with Crippen molar-refractivity contribution in [3.05, 3.63) is 29.8 Å². The first kappa shape index (κ1) is 30.1. The lowest BCUT2D eigenvalue weighted by atomic mass is 9.85. The van der Waals surface area contributed by atoms with E-state index < -0.39 is 41.9 Å². The minimum absolute atomic E-state index is 0.112. The fourth-order valence-electron chi connectivity index (χ4n) is 4.63. The molecule has 6 nitrogen and oxygen atoms in total. The third-order valence-electron chi connectivity index (χ3n) is 6.75. The van der Waals surface area contributed by atoms with Crippen molar-refractivity contribution in [3.63, 3.8) is 0 Å². The molecule has 0 N–H and O–H groups in total. The molecule has 0 spiro atoms. The van der Waals surface area contributed by atoms with Crippen LogP contribution in [-0.2, 0) is 20.6 Å². The predicted molar refractivity (Wildman–Crippen MR) is 141 cm³/mol. The Morgan fingerprint density at radius 2 is 1.65 bits per heavy atom. The molecule has 0 bridgehead atoms. The lowest BCUT2D eigenvalue weighted by Crippen LogP contribution is -2.60. The van der Waals surface area contributed by atoms with Gasteiger partial charge < -0.3 is 23.8 Å². The Bertz CT molecular complexity index is 853. The second-order valence-corrected chi connectivity index (χ2v) is 10.9. The van der Waals surface area contributed by atoms with E-state index in [2.05, 4.69) is 6.92 Å². The second-order valence-electron chi connectivity index (χ2n) is 9.80. The third kappa shape index (κ3) is 8.00. The Morgan fingerprint density at radius 3 is 2.19 bits per heavy atom. The normalized spacial score (nSPS) is 26.5. The van der Waals surface area contributed by atoms with E-state index in [0.29, 0.717) is 19.0 Å². The van der Waals surface area contributed by atoms with Gasteiger partial charge in [-0.15, -0.1) is 0 Å². The first-order chi connectivity index (χ1) is 17.7. The standard InChI is InChI=1S/C27H41F3N2O4S/c1-6-8-16-34-23-21-25(37-26(31-21)32(3)4)36-22(24(23)35-17-9-7-2)20(27(28,29)30)15-12-18-10-13-19(33-5)14-11-18/h10-11,13-14,20-25H,6-9,12,15-17H2,1-5H3/t20?,21-,22-,23-,24-,25-/m1/s1. The van der Waals surface area contributed by atoms with Crippen molar-refractivity contribution in [2.75, 3.05) is 34.4 Å². The summed E-state index contributed by atoms with van der Waals surface area (Å²) in [4.78, 5) is 6.66. The van der Waals surface area contributed by atoms with Crippen LogP contribution in [0.2, 0.25) is 0 Å². The number of fused-ring (bicyclic) bond motifs is 1. The molecule has 1 saturated heterocycles. The highest BCUT2D eigenvalue weighted by atomic mass is 32.2. The van der Waals surface area contributed by atoms with E-state index in [4.69, 9.17) is 23.9 Å². The molecule has 210 valence electrons. The zero-order chi connectivity index (χ0) is 27.0. The molecule has 6 atom stereocenters. The van der Waals surface area contributed by atoms with Crippen molar-refractivity contribution in [2.24, 2.45) is 10.9 Å². The number of aryl methyl sites for hydroxylation is 1. The topological polar surface area (TPSA) is 52.5 Å². The first-order valence-electron chi connectivity index (χ1n) is 13.2. The third-order valence-corrected chi connectivity index (χ3v) is 8.06. The average Bonchev–Trinajstić information content (AvgIpc) is 3.29. The number of aliphatic imine (C=N–C) groups is 1. The van der Waals surface area contributed by atoms with Crippen LogP contribution in [0.5, 0.6) is 5.75 Å². The molecule has 3 rings (SSSR count). The monoisotopic (exact) mass is 546 g/mol. The largest absolute Gasteiger partial charge is 0.497 e. The number of alkyl halides is 3. The summed E-state index contributed by atoms with van der Waals surface area (Å²) in [5, 5.41) is 0.730. The molecule has 2 aliphatic heterocycles. The summed E-state index contributed by atoms with van der Waals surface area (Å²) in [7, 11) is 5.30. The van der Waals surface area contributed by atoms with Gasteiger partial charge in [0.05, 0.1) is 19.1 Å². The van der Waals surface area contributed by atoms with Gasteiger partial charge in [0, 0.05) is 27.3 Å². The summed E-state index contributed by atoms with van der Waals surface area (Å²) in [5.74, 6) is -1.03. The summed E-state index contributed by atoms with van der Waals surface area (Å²) >= 11 is 1.36. The molecule has 1 aromatic carbocycles. The Kier molecular flexibility index (Phi) is 11.4. The maximum absolute atomic E-state index is 14.6. The van der Waals surface area contributed by atoms with Crippen LogP contribution in [0, 0.1) is 5.92 Å². The van der Waals surface area contributed by atoms with Gasteiger partial charge in [0.1, 0.15) is 29.4 Å². The van der Waals surface area contributed by atoms with Crippen molar-refractivity contribution >= 4 is 16.9 Å². The predicted octanol–water partition coefficient (Wildman–Crippen LogP) is 5.93. The second kappa shape index (κ2) is 14.1. The lowest BCUT2D eigenvalue weighted by molar-refractivity contribution is -0.262. The maximum Gasteiger partial charge on any atom is 0.394 e. The number of amidine groups is 1. The fraction of sp³-hybridized carbons (Fsp3) is 0.741. The number of nitrogens with zero attached hydrogens (tertiary/aromatic N) is 2. The van der Waals surface area contributed by atoms with Crippen molar-refractivity contribution in [3.8, 4) is 5.75 Å². The average molecular weight is 547 g/mol. The number of hydrogen-bond donors (Lipinski definition) is 0. The fourth-order valence-corrected chi connectivity index (χ4v) is 5.77. The summed E-state index contributed by atoms with van der Waals surface area (Å²) < 4.78 is 67.8. The maximum atomic E-state index is 14.6. The Morgan fingerprint density at radius 1 is 1.03 bits per heavy atom. The van der Waals surface area contributed by atoms with Crippen molar-refractivity contribution in [2.45, 2.75) is 88.3 Å². The quantitative estimate of drug-likeness (QED) is 0.286. The molecule has 1 fully saturated rings. The number of rotatable bonds is 13. The van der Waals surface area contributed by atoms with Crippen LogP contribution >= 0.6 is 11.8 Å². The van der Waals surface area contributed by atoms with Crippen LogP contribution in [-0.4, -0.2) is 80.5 Å². The Hall–Kier alpha value is -1.49. The smallest absolute Gasteiger partial charge is 0.394 e. The number of unbranched alkanes of at least 4 members (excludes halogenated alkanes) is 2. The van der Waals surface area contributed by atoms with E-state index in [9.17, 15) is 13.2 Å². The number of halogens is 3. The molecule has 1 unspecified atom stereocenters. The van der Waals surface area contributed by atoms with Gasteiger partial charge in [-0.05, 0) is 43.4 Å². The van der Waals surface area contributed by atoms with Gasteiger partial charge in [0.2, 0.25) is 0 Å². The summed E-state index contributed by atoms with van der Waals surface area (Å²) in [6, 6.07) is 6.73. The van der Waals surface area contributed by atoms with E-state index in [1.165, 1.54) is 11.8 Å². The molecular weight excluding hydrogens is 505 g/mol. The van der Waals surface area contributed by atoms with E-state index in [1.807, 2.05) is 25.9 Å². The van der Waals surface area contributed by atoms with Crippen LogP contribution in [0.25, 0.3) is 0 Å². The molecule has 1 aromatic rings. The van der Waals surface area contributed by atoms with Gasteiger partial charge in [-0.2, -0.15) is 13.2 Å². The Labute approximate surface area is 223 Å². The van der Waals surface area contributed by atoms with Gasteiger partial charge in [0.25, 0.3) is 0 Å². The van der Waals surface area contributed by atoms with E-state index >= 15 is 0 Å². The Balaban J connectivity index is 1.90. The van der Waals surface area contributed by atoms with Crippen LogP contribution in [0.3, 0.4) is 0 Å². The van der Waals surface area contributed by atoms with Gasteiger partial charge in [-0.25, -0.2) is 0 Å². The molecule has 0 saturated carbocycles. The highest BCUT2D eigenvalue weighted by molar-refractivity contribution is 8.14. The van der Waals surface area contributed by atoms with Gasteiger partial charge in [-0.1, -0.05) is 50.6 Å². The SMILES string of the molecule is CCCCO[C@@H]1[C@H]2N=C(N(C)C)S[C@H]2O[C@H](C(CCc2ccc(OC)cc2)C(F)(F)F)[C@H]1OCCCC. The number of hydrogen-bond acceptors (Lipinski definition) is 7.